The first-order valence-corrected chi connectivity index (χ1v) is 13.1. The highest BCUT2D eigenvalue weighted by Crippen LogP contribution is 2.26. The van der Waals surface area contributed by atoms with Crippen molar-refractivity contribution in [3.63, 3.8) is 0 Å². The molecule has 1 fully saturated rings. The largest absolute Gasteiger partial charge is 0.310 e. The maximum absolute atomic E-state index is 14.4. The van der Waals surface area contributed by atoms with Crippen molar-refractivity contribution in [3.8, 4) is 0 Å². The monoisotopic (exact) mass is 487 g/mol. The Morgan fingerprint density at radius 1 is 1.21 bits per heavy atom. The van der Waals surface area contributed by atoms with Crippen molar-refractivity contribution >= 4 is 37.5 Å². The van der Waals surface area contributed by atoms with Crippen molar-refractivity contribution in [3.05, 3.63) is 71.3 Å². The van der Waals surface area contributed by atoms with Gasteiger partial charge in [0.25, 0.3) is 5.91 Å². The fourth-order valence-electron chi connectivity index (χ4n) is 4.20. The van der Waals surface area contributed by atoms with Crippen LogP contribution < -0.4 is 4.80 Å². The molecule has 0 radical (unpaired) electrons. The van der Waals surface area contributed by atoms with Crippen LogP contribution in [0.25, 0.3) is 10.2 Å². The Hall–Kier alpha value is -2.62. The molecule has 0 aliphatic heterocycles. The van der Waals surface area contributed by atoms with E-state index in [0.29, 0.717) is 21.6 Å². The topological polar surface area (TPSA) is 71.7 Å². The molecule has 174 valence electrons. The van der Waals surface area contributed by atoms with Crippen molar-refractivity contribution in [2.45, 2.75) is 49.6 Å². The van der Waals surface area contributed by atoms with Gasteiger partial charge < -0.3 is 4.57 Å². The summed E-state index contributed by atoms with van der Waals surface area (Å²) in [6.45, 7) is 4.01. The minimum atomic E-state index is -3.64. The Balaban J connectivity index is 1.63. The zero-order valence-electron chi connectivity index (χ0n) is 18.4. The van der Waals surface area contributed by atoms with Gasteiger partial charge in [0.15, 0.2) is 4.80 Å². The molecular formula is C24H26FN3O3S2. The van der Waals surface area contributed by atoms with E-state index in [1.165, 1.54) is 46.0 Å². The predicted molar refractivity (Wildman–Crippen MR) is 128 cm³/mol. The molecule has 1 aliphatic rings. The molecule has 0 unspecified atom stereocenters. The number of fused-ring (bicyclic) bond motifs is 1. The third kappa shape index (κ3) is 4.71. The lowest BCUT2D eigenvalue weighted by atomic mass is 9.96. The number of para-hydroxylation sites is 1. The number of halogens is 1. The second-order valence-corrected chi connectivity index (χ2v) is 11.1. The molecule has 1 amide bonds. The summed E-state index contributed by atoms with van der Waals surface area (Å²) in [7, 11) is -2.02. The molecule has 4 rings (SSSR count). The summed E-state index contributed by atoms with van der Waals surface area (Å²) in [5.41, 5.74) is 0.637. The first-order chi connectivity index (χ1) is 15.8. The summed E-state index contributed by atoms with van der Waals surface area (Å²) in [5.74, 6) is -0.916. The number of rotatable bonds is 6. The number of carbonyl (C=O) groups is 1. The molecule has 3 aromatic rings. The van der Waals surface area contributed by atoms with E-state index in [4.69, 9.17) is 0 Å². The fraction of sp³-hybridized carbons (Fsp3) is 0.333. The lowest BCUT2D eigenvalue weighted by molar-refractivity contribution is 0.0997. The van der Waals surface area contributed by atoms with E-state index in [1.54, 1.807) is 29.8 Å². The molecule has 1 saturated carbocycles. The van der Waals surface area contributed by atoms with Gasteiger partial charge in [0.05, 0.1) is 15.1 Å². The van der Waals surface area contributed by atoms with Crippen LogP contribution >= 0.6 is 11.3 Å². The summed E-state index contributed by atoms with van der Waals surface area (Å²) in [5, 5.41) is 0. The molecule has 9 heteroatoms. The third-order valence-electron chi connectivity index (χ3n) is 6.03. The Morgan fingerprint density at radius 3 is 2.58 bits per heavy atom. The average molecular weight is 488 g/mol. The molecule has 0 bridgehead atoms. The van der Waals surface area contributed by atoms with Crippen LogP contribution in [0.1, 0.15) is 42.5 Å². The van der Waals surface area contributed by atoms with Crippen LogP contribution in [0.15, 0.2) is 65.0 Å². The number of hydrogen-bond acceptors (Lipinski definition) is 4. The quantitative estimate of drug-likeness (QED) is 0.472. The highest BCUT2D eigenvalue weighted by Gasteiger charge is 2.29. The molecule has 1 aliphatic carbocycles. The number of hydrogen-bond donors (Lipinski definition) is 0. The Kier molecular flexibility index (Phi) is 6.92. The van der Waals surface area contributed by atoms with Gasteiger partial charge in [-0.15, -0.1) is 6.58 Å². The molecular weight excluding hydrogens is 461 g/mol. The number of thiazole rings is 1. The zero-order valence-corrected chi connectivity index (χ0v) is 20.0. The molecule has 0 spiro atoms. The molecule has 0 saturated heterocycles. The predicted octanol–water partition coefficient (Wildman–Crippen LogP) is 4.72. The fourth-order valence-corrected chi connectivity index (χ4v) is 6.67. The number of carbonyl (C=O) groups excluding carboxylic acids is 1. The van der Waals surface area contributed by atoms with E-state index in [9.17, 15) is 17.6 Å². The van der Waals surface area contributed by atoms with Crippen molar-refractivity contribution in [2.24, 2.45) is 4.99 Å². The van der Waals surface area contributed by atoms with Crippen LogP contribution in [-0.2, 0) is 16.6 Å². The van der Waals surface area contributed by atoms with Gasteiger partial charge in [-0.2, -0.15) is 9.30 Å². The standard InChI is InChI=1S/C24H26FN3O3S2/c1-3-16-28-22-20(25)10-7-11-21(22)32-24(28)26-23(29)17-12-14-19(15-13-17)33(30,31)27(2)18-8-5-4-6-9-18/h3,7,10-15,18H,1,4-6,8-9,16H2,2H3. The Morgan fingerprint density at radius 2 is 1.91 bits per heavy atom. The van der Waals surface area contributed by atoms with Gasteiger partial charge in [-0.05, 0) is 49.2 Å². The maximum Gasteiger partial charge on any atom is 0.279 e. The number of sulfonamides is 1. The smallest absolute Gasteiger partial charge is 0.279 e. The lowest BCUT2D eigenvalue weighted by Gasteiger charge is -2.30. The van der Waals surface area contributed by atoms with Gasteiger partial charge in [0, 0.05) is 25.2 Å². The van der Waals surface area contributed by atoms with Crippen molar-refractivity contribution < 1.29 is 17.6 Å². The molecule has 6 nitrogen and oxygen atoms in total. The van der Waals surface area contributed by atoms with Crippen LogP contribution in [0.3, 0.4) is 0 Å². The van der Waals surface area contributed by atoms with Gasteiger partial charge in [0.1, 0.15) is 5.82 Å². The second-order valence-electron chi connectivity index (χ2n) is 8.12. The first kappa shape index (κ1) is 23.5. The van der Waals surface area contributed by atoms with Crippen molar-refractivity contribution in [2.75, 3.05) is 7.05 Å². The van der Waals surface area contributed by atoms with Gasteiger partial charge >= 0.3 is 0 Å². The number of allylic oxidation sites excluding steroid dienone is 1. The minimum Gasteiger partial charge on any atom is -0.310 e. The summed E-state index contributed by atoms with van der Waals surface area (Å²) in [6.07, 6.45) is 6.56. The molecule has 1 heterocycles. The van der Waals surface area contributed by atoms with Gasteiger partial charge in [0.2, 0.25) is 10.0 Å². The summed E-state index contributed by atoms with van der Waals surface area (Å²) >= 11 is 1.21. The zero-order chi connectivity index (χ0) is 23.6. The molecule has 2 aromatic carbocycles. The summed E-state index contributed by atoms with van der Waals surface area (Å²) < 4.78 is 44.2. The SMILES string of the molecule is C=CCn1c(=NC(=O)c2ccc(S(=O)(=O)N(C)C3CCCCC3)cc2)sc2cccc(F)c21. The summed E-state index contributed by atoms with van der Waals surface area (Å²) in [6, 6.07) is 10.6. The highest BCUT2D eigenvalue weighted by molar-refractivity contribution is 7.89. The lowest BCUT2D eigenvalue weighted by Crippen LogP contribution is -2.38. The Bertz CT molecular complexity index is 1350. The van der Waals surface area contributed by atoms with Crippen LogP contribution in [0.2, 0.25) is 0 Å². The van der Waals surface area contributed by atoms with Crippen LogP contribution in [0, 0.1) is 5.82 Å². The molecule has 1 aromatic heterocycles. The van der Waals surface area contributed by atoms with Crippen molar-refractivity contribution in [1.29, 1.82) is 0 Å². The molecule has 33 heavy (non-hydrogen) atoms. The van der Waals surface area contributed by atoms with E-state index in [0.717, 1.165) is 32.1 Å². The minimum absolute atomic E-state index is 0.00807. The van der Waals surface area contributed by atoms with Crippen LogP contribution in [0.5, 0.6) is 0 Å². The van der Waals surface area contributed by atoms with E-state index in [2.05, 4.69) is 11.6 Å². The van der Waals surface area contributed by atoms with E-state index in [1.807, 2.05) is 0 Å². The second kappa shape index (κ2) is 9.70. The summed E-state index contributed by atoms with van der Waals surface area (Å²) in [4.78, 5) is 17.5. The number of amides is 1. The number of benzene rings is 2. The van der Waals surface area contributed by atoms with E-state index in [-0.39, 0.29) is 16.5 Å². The third-order valence-corrected chi connectivity index (χ3v) is 9.00. The molecule has 0 atom stereocenters. The molecule has 0 N–H and O–H groups in total. The van der Waals surface area contributed by atoms with Crippen LogP contribution in [0.4, 0.5) is 4.39 Å². The Labute approximate surface area is 196 Å². The van der Waals surface area contributed by atoms with E-state index >= 15 is 0 Å². The van der Waals surface area contributed by atoms with Gasteiger partial charge in [-0.3, -0.25) is 4.79 Å². The van der Waals surface area contributed by atoms with Gasteiger partial charge in [-0.25, -0.2) is 12.8 Å². The highest BCUT2D eigenvalue weighted by atomic mass is 32.2. The average Bonchev–Trinajstić information content (AvgIpc) is 3.17. The van der Waals surface area contributed by atoms with Crippen molar-refractivity contribution in [1.82, 2.24) is 8.87 Å². The van der Waals surface area contributed by atoms with Crippen LogP contribution in [-0.4, -0.2) is 36.3 Å². The first-order valence-electron chi connectivity index (χ1n) is 10.9. The van der Waals surface area contributed by atoms with E-state index < -0.39 is 21.7 Å². The van der Waals surface area contributed by atoms with Gasteiger partial charge in [-0.1, -0.05) is 42.7 Å². The normalized spacial score (nSPS) is 15.9. The number of nitrogens with zero attached hydrogens (tertiary/aromatic N) is 3. The number of aromatic nitrogens is 1. The maximum atomic E-state index is 14.4.